The van der Waals surface area contributed by atoms with E-state index in [2.05, 4.69) is 22.2 Å². The summed E-state index contributed by atoms with van der Waals surface area (Å²) in [6.07, 6.45) is 2.34. The quantitative estimate of drug-likeness (QED) is 0.922. The number of rotatable bonds is 3. The van der Waals surface area contributed by atoms with Crippen molar-refractivity contribution in [2.24, 2.45) is 0 Å². The van der Waals surface area contributed by atoms with Crippen molar-refractivity contribution in [3.05, 3.63) is 40.1 Å². The first kappa shape index (κ1) is 13.1. The molecule has 2 rings (SSSR count). The maximum atomic E-state index is 6.22. The molecule has 18 heavy (non-hydrogen) atoms. The van der Waals surface area contributed by atoms with Gasteiger partial charge in [-0.2, -0.15) is 0 Å². The third-order valence-corrected chi connectivity index (χ3v) is 3.28. The Morgan fingerprint density at radius 1 is 1.22 bits per heavy atom. The van der Waals surface area contributed by atoms with Gasteiger partial charge in [-0.25, -0.2) is 9.97 Å². The molecule has 0 unspecified atom stereocenters. The smallest absolute Gasteiger partial charge is 0.132 e. The van der Waals surface area contributed by atoms with Crippen LogP contribution >= 0.6 is 23.2 Å². The van der Waals surface area contributed by atoms with Gasteiger partial charge in [0, 0.05) is 23.2 Å². The van der Waals surface area contributed by atoms with Crippen molar-refractivity contribution >= 4 is 29.0 Å². The third kappa shape index (κ3) is 2.42. The van der Waals surface area contributed by atoms with Gasteiger partial charge in [-0.1, -0.05) is 30.1 Å². The van der Waals surface area contributed by atoms with Crippen LogP contribution < -0.4 is 5.32 Å². The van der Waals surface area contributed by atoms with E-state index in [1.807, 2.05) is 13.1 Å². The lowest BCUT2D eigenvalue weighted by atomic mass is 10.0. The molecule has 1 aromatic carbocycles. The molecule has 0 fully saturated rings. The number of nitrogens with zero attached hydrogens (tertiary/aromatic N) is 2. The van der Waals surface area contributed by atoms with Crippen LogP contribution in [-0.4, -0.2) is 17.0 Å². The van der Waals surface area contributed by atoms with Crippen molar-refractivity contribution < 1.29 is 0 Å². The maximum absolute atomic E-state index is 6.22. The minimum absolute atomic E-state index is 0.634. The summed E-state index contributed by atoms with van der Waals surface area (Å²) in [6.45, 7) is 2.06. The van der Waals surface area contributed by atoms with E-state index in [4.69, 9.17) is 23.2 Å². The summed E-state index contributed by atoms with van der Waals surface area (Å²) in [5.41, 5.74) is 2.69. The molecule has 2 aromatic rings. The fourth-order valence-electron chi connectivity index (χ4n) is 1.87. The Kier molecular flexibility index (Phi) is 4.04. The Morgan fingerprint density at radius 2 is 2.00 bits per heavy atom. The van der Waals surface area contributed by atoms with Crippen LogP contribution in [0.25, 0.3) is 11.3 Å². The van der Waals surface area contributed by atoms with Gasteiger partial charge < -0.3 is 5.32 Å². The van der Waals surface area contributed by atoms with E-state index in [1.54, 1.807) is 12.1 Å². The predicted octanol–water partition coefficient (Wildman–Crippen LogP) is 4.05. The Balaban J connectivity index is 2.66. The highest BCUT2D eigenvalue weighted by molar-refractivity contribution is 6.35. The molecule has 0 aliphatic carbocycles. The van der Waals surface area contributed by atoms with E-state index in [9.17, 15) is 0 Å². The molecule has 0 saturated heterocycles. The highest BCUT2D eigenvalue weighted by atomic mass is 35.5. The van der Waals surface area contributed by atoms with E-state index in [0.717, 1.165) is 29.1 Å². The molecule has 3 nitrogen and oxygen atoms in total. The van der Waals surface area contributed by atoms with Crippen LogP contribution in [0.3, 0.4) is 0 Å². The first-order valence-corrected chi connectivity index (χ1v) is 6.40. The van der Waals surface area contributed by atoms with Crippen LogP contribution in [0.5, 0.6) is 0 Å². The summed E-state index contributed by atoms with van der Waals surface area (Å²) in [5.74, 6) is 0.818. The molecule has 0 atom stereocenters. The Hall–Kier alpha value is -1.32. The number of hydrogen-bond acceptors (Lipinski definition) is 3. The summed E-state index contributed by atoms with van der Waals surface area (Å²) in [5, 5.41) is 4.34. The summed E-state index contributed by atoms with van der Waals surface area (Å²) >= 11 is 12.2. The predicted molar refractivity (Wildman–Crippen MR) is 76.4 cm³/mol. The molecule has 1 heterocycles. The van der Waals surface area contributed by atoms with E-state index >= 15 is 0 Å². The van der Waals surface area contributed by atoms with Gasteiger partial charge in [0.1, 0.15) is 12.1 Å². The van der Waals surface area contributed by atoms with Gasteiger partial charge in [0.15, 0.2) is 0 Å². The maximum Gasteiger partial charge on any atom is 0.132 e. The minimum atomic E-state index is 0.634. The first-order chi connectivity index (χ1) is 8.67. The second-order valence-electron chi connectivity index (χ2n) is 3.78. The fourth-order valence-corrected chi connectivity index (χ4v) is 2.25. The lowest BCUT2D eigenvalue weighted by Crippen LogP contribution is -2.02. The molecule has 1 N–H and O–H groups in total. The summed E-state index contributed by atoms with van der Waals surface area (Å²) in [4.78, 5) is 8.54. The van der Waals surface area contributed by atoms with E-state index in [-0.39, 0.29) is 0 Å². The summed E-state index contributed by atoms with van der Waals surface area (Å²) < 4.78 is 0. The molecule has 1 aromatic heterocycles. The standard InChI is InChI=1S/C13H13Cl2N3/c1-3-9-12(17-7-18-13(9)16-2)10-6-8(14)4-5-11(10)15/h4-7H,3H2,1-2H3,(H,16,17,18). The van der Waals surface area contributed by atoms with E-state index in [0.29, 0.717) is 10.0 Å². The highest BCUT2D eigenvalue weighted by Crippen LogP contribution is 2.33. The third-order valence-electron chi connectivity index (χ3n) is 2.72. The van der Waals surface area contributed by atoms with Crippen molar-refractivity contribution in [3.8, 4) is 11.3 Å². The molecule has 0 radical (unpaired) electrons. The fraction of sp³-hybridized carbons (Fsp3) is 0.231. The zero-order valence-corrected chi connectivity index (χ0v) is 11.7. The summed E-state index contributed by atoms with van der Waals surface area (Å²) in [6, 6.07) is 5.36. The molecule has 0 bridgehead atoms. The SMILES string of the molecule is CCc1c(NC)ncnc1-c1cc(Cl)ccc1Cl. The van der Waals surface area contributed by atoms with Crippen LogP contribution in [0, 0.1) is 0 Å². The van der Waals surface area contributed by atoms with E-state index < -0.39 is 0 Å². The number of nitrogens with one attached hydrogen (secondary N) is 1. The molecular formula is C13H13Cl2N3. The van der Waals surface area contributed by atoms with Gasteiger partial charge in [-0.05, 0) is 24.6 Å². The van der Waals surface area contributed by atoms with Crippen LogP contribution in [-0.2, 0) is 6.42 Å². The largest absolute Gasteiger partial charge is 0.373 e. The molecular weight excluding hydrogens is 269 g/mol. The van der Waals surface area contributed by atoms with E-state index in [1.165, 1.54) is 6.33 Å². The number of anilines is 1. The monoisotopic (exact) mass is 281 g/mol. The van der Waals surface area contributed by atoms with Gasteiger partial charge in [-0.3, -0.25) is 0 Å². The first-order valence-electron chi connectivity index (χ1n) is 5.64. The second kappa shape index (κ2) is 5.55. The van der Waals surface area contributed by atoms with Gasteiger partial charge in [-0.15, -0.1) is 0 Å². The Morgan fingerprint density at radius 3 is 2.67 bits per heavy atom. The molecule has 0 amide bonds. The van der Waals surface area contributed by atoms with Crippen molar-refractivity contribution in [3.63, 3.8) is 0 Å². The van der Waals surface area contributed by atoms with Crippen molar-refractivity contribution in [2.75, 3.05) is 12.4 Å². The van der Waals surface area contributed by atoms with Gasteiger partial charge in [0.05, 0.1) is 10.7 Å². The molecule has 5 heteroatoms. The number of aromatic nitrogens is 2. The number of benzene rings is 1. The van der Waals surface area contributed by atoms with Crippen molar-refractivity contribution in [2.45, 2.75) is 13.3 Å². The van der Waals surface area contributed by atoms with Crippen LogP contribution in [0.1, 0.15) is 12.5 Å². The number of halogens is 2. The van der Waals surface area contributed by atoms with Gasteiger partial charge >= 0.3 is 0 Å². The average Bonchev–Trinajstić information content (AvgIpc) is 2.40. The summed E-state index contributed by atoms with van der Waals surface area (Å²) in [7, 11) is 1.84. The topological polar surface area (TPSA) is 37.8 Å². The number of hydrogen-bond donors (Lipinski definition) is 1. The molecule has 0 spiro atoms. The van der Waals surface area contributed by atoms with Crippen LogP contribution in [0.15, 0.2) is 24.5 Å². The zero-order chi connectivity index (χ0) is 13.1. The molecule has 0 aliphatic heterocycles. The van der Waals surface area contributed by atoms with Crippen molar-refractivity contribution in [1.29, 1.82) is 0 Å². The average molecular weight is 282 g/mol. The lowest BCUT2D eigenvalue weighted by molar-refractivity contribution is 1.05. The Labute approximate surface area is 116 Å². The van der Waals surface area contributed by atoms with Crippen molar-refractivity contribution in [1.82, 2.24) is 9.97 Å². The molecule has 0 saturated carbocycles. The molecule has 0 aliphatic rings. The normalized spacial score (nSPS) is 10.4. The minimum Gasteiger partial charge on any atom is -0.373 e. The Bertz CT molecular complexity index is 570. The molecule has 94 valence electrons. The highest BCUT2D eigenvalue weighted by Gasteiger charge is 2.13. The van der Waals surface area contributed by atoms with Gasteiger partial charge in [0.2, 0.25) is 0 Å². The zero-order valence-electron chi connectivity index (χ0n) is 10.2. The van der Waals surface area contributed by atoms with Crippen LogP contribution in [0.4, 0.5) is 5.82 Å². The second-order valence-corrected chi connectivity index (χ2v) is 4.62. The van der Waals surface area contributed by atoms with Gasteiger partial charge in [0.25, 0.3) is 0 Å². The lowest BCUT2D eigenvalue weighted by Gasteiger charge is -2.12. The van der Waals surface area contributed by atoms with Crippen LogP contribution in [0.2, 0.25) is 10.0 Å².